The number of alkyl carbamates (subject to hydrolysis) is 1. The lowest BCUT2D eigenvalue weighted by Gasteiger charge is -2.22. The Kier molecular flexibility index (Phi) is 4.40. The fourth-order valence-corrected chi connectivity index (χ4v) is 0.850. The van der Waals surface area contributed by atoms with E-state index in [0.717, 1.165) is 0 Å². The van der Waals surface area contributed by atoms with Gasteiger partial charge in [0.2, 0.25) is 0 Å². The summed E-state index contributed by atoms with van der Waals surface area (Å²) in [5.41, 5.74) is 4.74. The molecule has 0 spiro atoms. The minimum absolute atomic E-state index is 0.0571. The van der Waals surface area contributed by atoms with E-state index in [1.165, 1.54) is 0 Å². The predicted octanol–water partition coefficient (Wildman–Crippen LogP) is 1.23. The topological polar surface area (TPSA) is 88.2 Å². The Morgan fingerprint density at radius 1 is 1.57 bits per heavy atom. The summed E-state index contributed by atoms with van der Waals surface area (Å²) in [4.78, 5) is 11.2. The van der Waals surface area contributed by atoms with Crippen LogP contribution in [0.5, 0.6) is 0 Å². The minimum Gasteiger partial charge on any atom is -0.444 e. The molecule has 0 bridgehead atoms. The van der Waals surface area contributed by atoms with Crippen molar-refractivity contribution in [3.8, 4) is 0 Å². The average molecular weight is 201 g/mol. The smallest absolute Gasteiger partial charge is 0.408 e. The number of ether oxygens (including phenoxy) is 1. The van der Waals surface area contributed by atoms with E-state index in [1.54, 1.807) is 20.8 Å². The second kappa shape index (κ2) is 4.83. The van der Waals surface area contributed by atoms with Crippen LogP contribution in [0, 0.1) is 5.41 Å². The van der Waals surface area contributed by atoms with E-state index in [0.29, 0.717) is 6.42 Å². The Morgan fingerprint density at radius 2 is 2.07 bits per heavy atom. The molecule has 0 saturated heterocycles. The maximum atomic E-state index is 11.2. The van der Waals surface area contributed by atoms with E-state index in [1.807, 2.05) is 6.92 Å². The van der Waals surface area contributed by atoms with E-state index in [4.69, 9.17) is 15.9 Å². The number of amides is 1. The van der Waals surface area contributed by atoms with Crippen LogP contribution >= 0.6 is 0 Å². The summed E-state index contributed by atoms with van der Waals surface area (Å²) in [6, 6.07) is -0.440. The molecular weight excluding hydrogens is 182 g/mol. The summed E-state index contributed by atoms with van der Waals surface area (Å²) >= 11 is 0. The first kappa shape index (κ1) is 12.7. The van der Waals surface area contributed by atoms with Crippen molar-refractivity contribution in [2.45, 2.75) is 45.8 Å². The molecule has 82 valence electrons. The van der Waals surface area contributed by atoms with Crippen molar-refractivity contribution in [1.82, 2.24) is 5.32 Å². The summed E-state index contributed by atoms with van der Waals surface area (Å²) in [7, 11) is 0. The first-order valence-corrected chi connectivity index (χ1v) is 4.59. The van der Waals surface area contributed by atoms with E-state index >= 15 is 0 Å². The largest absolute Gasteiger partial charge is 0.444 e. The molecule has 0 aliphatic rings. The van der Waals surface area contributed by atoms with Crippen molar-refractivity contribution in [1.29, 1.82) is 5.41 Å². The molecule has 0 aliphatic heterocycles. The van der Waals surface area contributed by atoms with E-state index in [-0.39, 0.29) is 5.84 Å². The first-order valence-electron chi connectivity index (χ1n) is 4.59. The zero-order valence-corrected chi connectivity index (χ0v) is 9.18. The van der Waals surface area contributed by atoms with Crippen molar-refractivity contribution in [2.75, 3.05) is 0 Å². The maximum Gasteiger partial charge on any atom is 0.408 e. The molecule has 0 aromatic heterocycles. The van der Waals surface area contributed by atoms with Gasteiger partial charge in [-0.1, -0.05) is 6.92 Å². The van der Waals surface area contributed by atoms with Crippen molar-refractivity contribution < 1.29 is 9.53 Å². The van der Waals surface area contributed by atoms with Gasteiger partial charge in [-0.2, -0.15) is 0 Å². The molecule has 1 unspecified atom stereocenters. The molecule has 5 nitrogen and oxygen atoms in total. The highest BCUT2D eigenvalue weighted by atomic mass is 16.6. The van der Waals surface area contributed by atoms with E-state index < -0.39 is 17.7 Å². The second-order valence-electron chi connectivity index (χ2n) is 4.06. The number of carbonyl (C=O) groups is 1. The molecule has 1 amide bonds. The van der Waals surface area contributed by atoms with Crippen LogP contribution in [0.1, 0.15) is 34.1 Å². The van der Waals surface area contributed by atoms with Crippen LogP contribution in [-0.2, 0) is 4.74 Å². The molecule has 0 aromatic rings. The standard InChI is InChI=1S/C9H19N3O2/c1-5-6(7(10)11)12-8(13)14-9(2,3)4/h6H,5H2,1-4H3,(H3,10,11)(H,12,13). The third kappa shape index (κ3) is 5.40. The van der Waals surface area contributed by atoms with Gasteiger partial charge >= 0.3 is 6.09 Å². The van der Waals surface area contributed by atoms with Gasteiger partial charge in [0.25, 0.3) is 0 Å². The van der Waals surface area contributed by atoms with Crippen molar-refractivity contribution in [2.24, 2.45) is 5.73 Å². The molecule has 5 heteroatoms. The fourth-order valence-electron chi connectivity index (χ4n) is 0.850. The fraction of sp³-hybridized carbons (Fsp3) is 0.778. The van der Waals surface area contributed by atoms with Crippen LogP contribution in [0.2, 0.25) is 0 Å². The summed E-state index contributed by atoms with van der Waals surface area (Å²) in [5, 5.41) is 9.70. The SMILES string of the molecule is CCC(NC(=O)OC(C)(C)C)C(=N)N. The van der Waals surface area contributed by atoms with Crippen LogP contribution in [0.4, 0.5) is 4.79 Å². The summed E-state index contributed by atoms with van der Waals surface area (Å²) in [6.45, 7) is 7.17. The zero-order valence-electron chi connectivity index (χ0n) is 9.18. The molecule has 0 heterocycles. The normalized spacial score (nSPS) is 13.1. The molecule has 4 N–H and O–H groups in total. The molecule has 0 radical (unpaired) electrons. The third-order valence-electron chi connectivity index (χ3n) is 1.47. The van der Waals surface area contributed by atoms with E-state index in [9.17, 15) is 4.79 Å². The maximum absolute atomic E-state index is 11.2. The summed E-state index contributed by atoms with van der Waals surface area (Å²) < 4.78 is 5.02. The lowest BCUT2D eigenvalue weighted by molar-refractivity contribution is 0.0516. The van der Waals surface area contributed by atoms with Gasteiger partial charge < -0.3 is 15.8 Å². The second-order valence-corrected chi connectivity index (χ2v) is 4.06. The molecule has 0 aromatic carbocycles. The van der Waals surface area contributed by atoms with Crippen LogP contribution in [0.25, 0.3) is 0 Å². The molecular formula is C9H19N3O2. The van der Waals surface area contributed by atoms with Gasteiger partial charge in [0, 0.05) is 0 Å². The number of hydrogen-bond donors (Lipinski definition) is 3. The molecule has 0 rings (SSSR count). The molecule has 1 atom stereocenters. The molecule has 0 saturated carbocycles. The van der Waals surface area contributed by atoms with Gasteiger partial charge in [-0.25, -0.2) is 4.79 Å². The Hall–Kier alpha value is -1.26. The monoisotopic (exact) mass is 201 g/mol. The van der Waals surface area contributed by atoms with Crippen molar-refractivity contribution in [3.05, 3.63) is 0 Å². The Balaban J connectivity index is 4.11. The lowest BCUT2D eigenvalue weighted by Crippen LogP contribution is -2.45. The van der Waals surface area contributed by atoms with Crippen molar-refractivity contribution >= 4 is 11.9 Å². The van der Waals surface area contributed by atoms with Crippen LogP contribution in [0.15, 0.2) is 0 Å². The number of nitrogens with one attached hydrogen (secondary N) is 2. The lowest BCUT2D eigenvalue weighted by atomic mass is 10.2. The Morgan fingerprint density at radius 3 is 2.36 bits per heavy atom. The van der Waals surface area contributed by atoms with Gasteiger partial charge in [-0.15, -0.1) is 0 Å². The quantitative estimate of drug-likeness (QED) is 0.474. The highest BCUT2D eigenvalue weighted by Gasteiger charge is 2.19. The molecule has 0 aliphatic carbocycles. The predicted molar refractivity (Wildman–Crippen MR) is 55.4 cm³/mol. The van der Waals surface area contributed by atoms with Crippen LogP contribution < -0.4 is 11.1 Å². The van der Waals surface area contributed by atoms with Gasteiger partial charge in [0.05, 0.1) is 6.04 Å². The number of nitrogens with two attached hydrogens (primary N) is 1. The van der Waals surface area contributed by atoms with Crippen molar-refractivity contribution in [3.63, 3.8) is 0 Å². The van der Waals surface area contributed by atoms with Gasteiger partial charge in [0.1, 0.15) is 11.4 Å². The highest BCUT2D eigenvalue weighted by molar-refractivity contribution is 5.86. The van der Waals surface area contributed by atoms with Gasteiger partial charge in [0.15, 0.2) is 0 Å². The highest BCUT2D eigenvalue weighted by Crippen LogP contribution is 2.06. The van der Waals surface area contributed by atoms with Crippen LogP contribution in [0.3, 0.4) is 0 Å². The minimum atomic E-state index is -0.542. The zero-order chi connectivity index (χ0) is 11.4. The number of amidine groups is 1. The average Bonchev–Trinajstić information content (AvgIpc) is 1.96. The number of carbonyl (C=O) groups excluding carboxylic acids is 1. The summed E-state index contributed by atoms with van der Waals surface area (Å²) in [6.07, 6.45) is 0.0359. The van der Waals surface area contributed by atoms with Gasteiger partial charge in [-0.05, 0) is 27.2 Å². The molecule has 14 heavy (non-hydrogen) atoms. The Labute approximate surface area is 84.5 Å². The summed E-state index contributed by atoms with van der Waals surface area (Å²) in [5.74, 6) is -0.0571. The Bertz CT molecular complexity index is 221. The number of hydrogen-bond acceptors (Lipinski definition) is 3. The number of rotatable bonds is 3. The van der Waals surface area contributed by atoms with E-state index in [2.05, 4.69) is 5.32 Å². The van der Waals surface area contributed by atoms with Gasteiger partial charge in [-0.3, -0.25) is 5.41 Å². The molecule has 0 fully saturated rings. The third-order valence-corrected chi connectivity index (χ3v) is 1.47. The van der Waals surface area contributed by atoms with Crippen LogP contribution in [-0.4, -0.2) is 23.6 Å². The first-order chi connectivity index (χ1) is 6.26.